The number of rotatable bonds is 9. The number of hydrogen-bond acceptors (Lipinski definition) is 4. The van der Waals surface area contributed by atoms with E-state index in [1.807, 2.05) is 20.8 Å². The first kappa shape index (κ1) is 30.2. The van der Waals surface area contributed by atoms with Crippen LogP contribution < -0.4 is 0 Å². The van der Waals surface area contributed by atoms with E-state index in [0.717, 1.165) is 25.8 Å². The van der Waals surface area contributed by atoms with Crippen LogP contribution in [0.4, 0.5) is 4.79 Å². The summed E-state index contributed by atoms with van der Waals surface area (Å²) in [6, 6.07) is 23.5. The summed E-state index contributed by atoms with van der Waals surface area (Å²) < 4.78 is 13.4. The predicted molar refractivity (Wildman–Crippen MR) is 175 cm³/mol. The van der Waals surface area contributed by atoms with Gasteiger partial charge in [-0.1, -0.05) is 60.7 Å². The molecule has 0 N–H and O–H groups in total. The highest BCUT2D eigenvalue weighted by Gasteiger charge is 2.43. The zero-order valence-corrected chi connectivity index (χ0v) is 26.5. The Morgan fingerprint density at radius 1 is 0.932 bits per heavy atom. The Kier molecular flexibility index (Phi) is 8.68. The summed E-state index contributed by atoms with van der Waals surface area (Å²) in [7, 11) is 1.74. The minimum absolute atomic E-state index is 0.00363. The molecule has 7 nitrogen and oxygen atoms in total. The SMILES string of the molecule is COCCCn1cc(CN(C(=O)[C@H]2CN(C(=O)OC(C)(C)C)CC[C@@H]2c2cccc3ccccc23)C2CC2)c2ccccc21. The highest BCUT2D eigenvalue weighted by atomic mass is 16.6. The molecule has 7 heteroatoms. The van der Waals surface area contributed by atoms with Gasteiger partial charge in [-0.3, -0.25) is 4.79 Å². The number of fused-ring (bicyclic) bond motifs is 2. The Labute approximate surface area is 260 Å². The van der Waals surface area contributed by atoms with E-state index in [9.17, 15) is 9.59 Å². The van der Waals surface area contributed by atoms with Crippen molar-refractivity contribution in [2.24, 2.45) is 5.92 Å². The monoisotopic (exact) mass is 595 g/mol. The second kappa shape index (κ2) is 12.6. The summed E-state index contributed by atoms with van der Waals surface area (Å²) in [6.07, 6.45) is 5.54. The lowest BCUT2D eigenvalue weighted by atomic mass is 9.78. The molecule has 0 radical (unpaired) electrons. The van der Waals surface area contributed by atoms with E-state index in [-0.39, 0.29) is 29.9 Å². The summed E-state index contributed by atoms with van der Waals surface area (Å²) in [4.78, 5) is 32.0. The summed E-state index contributed by atoms with van der Waals surface area (Å²) in [5.41, 5.74) is 2.94. The van der Waals surface area contributed by atoms with Gasteiger partial charge in [0, 0.05) is 63.0 Å². The zero-order valence-electron chi connectivity index (χ0n) is 26.5. The molecule has 2 amide bonds. The van der Waals surface area contributed by atoms with Gasteiger partial charge in [-0.25, -0.2) is 4.79 Å². The van der Waals surface area contributed by atoms with E-state index in [1.165, 1.54) is 32.8 Å². The van der Waals surface area contributed by atoms with Gasteiger partial charge in [-0.15, -0.1) is 0 Å². The van der Waals surface area contributed by atoms with E-state index in [0.29, 0.717) is 32.7 Å². The number of piperidine rings is 1. The average molecular weight is 596 g/mol. The maximum atomic E-state index is 14.8. The molecular weight excluding hydrogens is 550 g/mol. The number of likely N-dealkylation sites (tertiary alicyclic amines) is 1. The molecule has 0 bridgehead atoms. The second-order valence-electron chi connectivity index (χ2n) is 13.4. The first-order chi connectivity index (χ1) is 21.2. The lowest BCUT2D eigenvalue weighted by molar-refractivity contribution is -0.139. The molecule has 0 unspecified atom stereocenters. The van der Waals surface area contributed by atoms with Crippen LogP contribution in [0.25, 0.3) is 21.7 Å². The summed E-state index contributed by atoms with van der Waals surface area (Å²) in [5, 5.41) is 3.54. The normalized spacial score (nSPS) is 19.0. The molecule has 3 aromatic carbocycles. The molecule has 2 aliphatic rings. The van der Waals surface area contributed by atoms with Crippen LogP contribution in [-0.4, -0.2) is 64.8 Å². The van der Waals surface area contributed by atoms with Crippen LogP contribution in [-0.2, 0) is 27.4 Å². The third-order valence-corrected chi connectivity index (χ3v) is 9.03. The molecule has 2 atom stereocenters. The first-order valence-electron chi connectivity index (χ1n) is 16.1. The molecule has 1 aromatic heterocycles. The highest BCUT2D eigenvalue weighted by molar-refractivity contribution is 5.89. The third kappa shape index (κ3) is 6.48. The van der Waals surface area contributed by atoms with E-state index >= 15 is 0 Å². The quantitative estimate of drug-likeness (QED) is 0.190. The molecule has 2 heterocycles. The van der Waals surface area contributed by atoms with Crippen molar-refractivity contribution >= 4 is 33.7 Å². The van der Waals surface area contributed by atoms with Gasteiger partial charge in [0.1, 0.15) is 5.60 Å². The van der Waals surface area contributed by atoms with Gasteiger partial charge in [0.25, 0.3) is 0 Å². The minimum atomic E-state index is -0.597. The van der Waals surface area contributed by atoms with Gasteiger partial charge in [0.05, 0.1) is 5.92 Å². The van der Waals surface area contributed by atoms with Gasteiger partial charge >= 0.3 is 6.09 Å². The maximum absolute atomic E-state index is 14.8. The number of nitrogens with zero attached hydrogens (tertiary/aromatic N) is 3. The number of ether oxygens (including phenoxy) is 2. The summed E-state index contributed by atoms with van der Waals surface area (Å²) >= 11 is 0. The molecule has 1 saturated heterocycles. The molecule has 0 spiro atoms. The number of aromatic nitrogens is 1. The Balaban J connectivity index is 1.34. The smallest absolute Gasteiger partial charge is 0.410 e. The Morgan fingerprint density at radius 2 is 1.66 bits per heavy atom. The van der Waals surface area contributed by atoms with Crippen molar-refractivity contribution in [1.82, 2.24) is 14.4 Å². The Bertz CT molecular complexity index is 1630. The molecule has 232 valence electrons. The third-order valence-electron chi connectivity index (χ3n) is 9.03. The first-order valence-corrected chi connectivity index (χ1v) is 16.1. The lowest BCUT2D eigenvalue weighted by Crippen LogP contribution is -2.51. The number of benzene rings is 3. The molecule has 6 rings (SSSR count). The maximum Gasteiger partial charge on any atom is 0.410 e. The van der Waals surface area contributed by atoms with Gasteiger partial charge < -0.3 is 23.8 Å². The van der Waals surface area contributed by atoms with E-state index in [1.54, 1.807) is 12.0 Å². The fourth-order valence-electron chi connectivity index (χ4n) is 6.82. The number of methoxy groups -OCH3 is 1. The van der Waals surface area contributed by atoms with Crippen molar-refractivity contribution in [3.63, 3.8) is 0 Å². The number of hydrogen-bond donors (Lipinski definition) is 0. The average Bonchev–Trinajstić information content (AvgIpc) is 3.80. The molecule has 44 heavy (non-hydrogen) atoms. The predicted octanol–water partition coefficient (Wildman–Crippen LogP) is 7.36. The van der Waals surface area contributed by atoms with Crippen LogP contribution in [0.3, 0.4) is 0 Å². The summed E-state index contributed by atoms with van der Waals surface area (Å²) in [5.74, 6) is -0.225. The van der Waals surface area contributed by atoms with E-state index < -0.39 is 5.60 Å². The Morgan fingerprint density at radius 3 is 2.41 bits per heavy atom. The van der Waals surface area contributed by atoms with Crippen molar-refractivity contribution in [3.05, 3.63) is 84.1 Å². The van der Waals surface area contributed by atoms with Crippen LogP contribution in [0.2, 0.25) is 0 Å². The van der Waals surface area contributed by atoms with Gasteiger partial charge in [0.2, 0.25) is 5.91 Å². The molecule has 1 saturated carbocycles. The van der Waals surface area contributed by atoms with Crippen LogP contribution in [0.15, 0.2) is 72.9 Å². The summed E-state index contributed by atoms with van der Waals surface area (Å²) in [6.45, 7) is 8.70. The van der Waals surface area contributed by atoms with Crippen LogP contribution >= 0.6 is 0 Å². The number of amides is 2. The lowest BCUT2D eigenvalue weighted by Gasteiger charge is -2.41. The minimum Gasteiger partial charge on any atom is -0.444 e. The molecule has 1 aliphatic heterocycles. The largest absolute Gasteiger partial charge is 0.444 e. The fourth-order valence-corrected chi connectivity index (χ4v) is 6.82. The van der Waals surface area contributed by atoms with Gasteiger partial charge in [0.15, 0.2) is 0 Å². The molecule has 4 aromatic rings. The van der Waals surface area contributed by atoms with Crippen molar-refractivity contribution in [3.8, 4) is 0 Å². The fraction of sp³-hybridized carbons (Fsp3) is 0.459. The van der Waals surface area contributed by atoms with Gasteiger partial charge in [-0.05, 0) is 80.3 Å². The number of para-hydroxylation sites is 1. The second-order valence-corrected chi connectivity index (χ2v) is 13.4. The highest BCUT2D eigenvalue weighted by Crippen LogP contribution is 2.41. The zero-order chi connectivity index (χ0) is 30.8. The van der Waals surface area contributed by atoms with Crippen molar-refractivity contribution < 1.29 is 19.1 Å². The van der Waals surface area contributed by atoms with Gasteiger partial charge in [-0.2, -0.15) is 0 Å². The topological polar surface area (TPSA) is 64.0 Å². The number of aryl methyl sites for hydroxylation is 1. The van der Waals surface area contributed by atoms with Crippen molar-refractivity contribution in [2.75, 3.05) is 26.8 Å². The van der Waals surface area contributed by atoms with Crippen LogP contribution in [0.1, 0.15) is 63.5 Å². The molecule has 1 aliphatic carbocycles. The van der Waals surface area contributed by atoms with E-state index in [2.05, 4.69) is 82.4 Å². The van der Waals surface area contributed by atoms with Crippen LogP contribution in [0, 0.1) is 5.92 Å². The molecular formula is C37H45N3O4. The standard InChI is InChI=1S/C37H45N3O4/c1-37(2,3)44-36(42)39-21-19-32(31-15-9-12-26-11-5-6-13-29(26)31)33(25-39)35(41)40(28-17-18-28)24-27-23-38(20-10-22-43-4)34-16-8-7-14-30(27)34/h5-9,11-16,23,28,32-33H,10,17-22,24-25H2,1-4H3/t32-,33+/m1/s1. The molecule has 2 fully saturated rings. The van der Waals surface area contributed by atoms with Crippen molar-refractivity contribution in [1.29, 1.82) is 0 Å². The van der Waals surface area contributed by atoms with E-state index in [4.69, 9.17) is 9.47 Å². The number of carbonyl (C=O) groups is 2. The van der Waals surface area contributed by atoms with Crippen molar-refractivity contribution in [2.45, 2.75) is 77.1 Å². The van der Waals surface area contributed by atoms with Crippen LogP contribution in [0.5, 0.6) is 0 Å². The number of carbonyl (C=O) groups excluding carboxylic acids is 2. The Hall–Kier alpha value is -3.84.